The highest BCUT2D eigenvalue weighted by atomic mass is 32.2. The topological polar surface area (TPSA) is 61.8 Å². The summed E-state index contributed by atoms with van der Waals surface area (Å²) < 4.78 is -0.151. The van der Waals surface area contributed by atoms with E-state index in [1.54, 1.807) is 11.8 Å². The van der Waals surface area contributed by atoms with E-state index in [0.717, 1.165) is 37.9 Å². The van der Waals surface area contributed by atoms with Crippen molar-refractivity contribution in [2.75, 3.05) is 19.3 Å². The van der Waals surface area contributed by atoms with Gasteiger partial charge in [-0.2, -0.15) is 11.8 Å². The van der Waals surface area contributed by atoms with Crippen LogP contribution in [0.15, 0.2) is 5.16 Å². The van der Waals surface area contributed by atoms with Crippen LogP contribution in [0.25, 0.3) is 0 Å². The average molecular weight is 299 g/mol. The first-order valence-corrected chi connectivity index (χ1v) is 9.16. The van der Waals surface area contributed by atoms with Crippen LogP contribution in [0.4, 0.5) is 0 Å². The monoisotopic (exact) mass is 299 g/mol. The maximum atomic E-state index is 9.01. The Hall–Kier alpha value is -0.420. The van der Waals surface area contributed by atoms with Crippen LogP contribution >= 0.6 is 11.8 Å². The fraction of sp³-hybridized carbons (Fsp3) is 0.933. The van der Waals surface area contributed by atoms with Crippen molar-refractivity contribution >= 4 is 17.6 Å². The van der Waals surface area contributed by atoms with Crippen LogP contribution in [0, 0.1) is 5.92 Å². The van der Waals surface area contributed by atoms with Gasteiger partial charge in [0.05, 0.1) is 4.75 Å². The molecule has 1 saturated carbocycles. The number of piperidine rings is 1. The fourth-order valence-electron chi connectivity index (χ4n) is 4.02. The summed E-state index contributed by atoms with van der Waals surface area (Å²) in [6.45, 7) is 4.49. The van der Waals surface area contributed by atoms with Gasteiger partial charge in [-0.05, 0) is 37.9 Å². The van der Waals surface area contributed by atoms with Gasteiger partial charge in [-0.25, -0.2) is 0 Å². The molecule has 0 radical (unpaired) electrons. The molecule has 0 aromatic heterocycles. The Balaban J connectivity index is 1.99. The second kappa shape index (κ2) is 7.03. The van der Waals surface area contributed by atoms with Crippen molar-refractivity contribution in [1.82, 2.24) is 4.90 Å². The number of thioether (sulfide) groups is 1. The molecule has 2 unspecified atom stereocenters. The quantitative estimate of drug-likeness (QED) is 0.363. The van der Waals surface area contributed by atoms with Crippen molar-refractivity contribution in [1.29, 1.82) is 0 Å². The first kappa shape index (κ1) is 16.0. The highest BCUT2D eigenvalue weighted by molar-refractivity contribution is 8.00. The molecule has 1 heterocycles. The number of amidine groups is 1. The predicted octanol–water partition coefficient (Wildman–Crippen LogP) is 2.90. The second-order valence-corrected chi connectivity index (χ2v) is 7.43. The summed E-state index contributed by atoms with van der Waals surface area (Å²) in [5, 5.41) is 12.3. The van der Waals surface area contributed by atoms with E-state index in [1.165, 1.54) is 32.1 Å². The molecule has 2 fully saturated rings. The van der Waals surface area contributed by atoms with Crippen LogP contribution in [-0.2, 0) is 0 Å². The molecule has 2 atom stereocenters. The van der Waals surface area contributed by atoms with Crippen molar-refractivity contribution in [2.24, 2.45) is 16.8 Å². The third kappa shape index (κ3) is 3.08. The summed E-state index contributed by atoms with van der Waals surface area (Å²) in [5.74, 6) is 1.27. The molecule has 4 nitrogen and oxygen atoms in total. The van der Waals surface area contributed by atoms with Gasteiger partial charge in [-0.15, -0.1) is 0 Å². The number of nitrogens with zero attached hydrogens (tertiary/aromatic N) is 2. The number of hydrogen-bond donors (Lipinski definition) is 2. The van der Waals surface area contributed by atoms with E-state index in [4.69, 9.17) is 10.9 Å². The maximum absolute atomic E-state index is 9.01. The van der Waals surface area contributed by atoms with Gasteiger partial charge in [0.1, 0.15) is 0 Å². The summed E-state index contributed by atoms with van der Waals surface area (Å²) in [5.41, 5.74) is 5.93. The van der Waals surface area contributed by atoms with Gasteiger partial charge >= 0.3 is 0 Å². The minimum Gasteiger partial charge on any atom is -0.409 e. The Morgan fingerprint density at radius 1 is 1.35 bits per heavy atom. The van der Waals surface area contributed by atoms with Crippen LogP contribution in [-0.4, -0.2) is 46.1 Å². The van der Waals surface area contributed by atoms with E-state index in [1.807, 2.05) is 0 Å². The van der Waals surface area contributed by atoms with Gasteiger partial charge in [0.2, 0.25) is 0 Å². The summed E-state index contributed by atoms with van der Waals surface area (Å²) in [7, 11) is 0. The van der Waals surface area contributed by atoms with E-state index in [2.05, 4.69) is 23.2 Å². The lowest BCUT2D eigenvalue weighted by Gasteiger charge is -2.46. The minimum atomic E-state index is -0.151. The number of nitrogens with two attached hydrogens (primary N) is 1. The molecule has 2 aliphatic rings. The zero-order chi connectivity index (χ0) is 14.6. The second-order valence-electron chi connectivity index (χ2n) is 6.24. The van der Waals surface area contributed by atoms with Gasteiger partial charge in [0, 0.05) is 19.1 Å². The molecule has 3 N–H and O–H groups in total. The molecule has 0 aromatic carbocycles. The molecule has 1 saturated heterocycles. The van der Waals surface area contributed by atoms with Crippen LogP contribution in [0.3, 0.4) is 0 Å². The van der Waals surface area contributed by atoms with Crippen LogP contribution < -0.4 is 5.73 Å². The first-order chi connectivity index (χ1) is 9.66. The summed E-state index contributed by atoms with van der Waals surface area (Å²) in [6, 6.07) is 0.765. The van der Waals surface area contributed by atoms with Gasteiger partial charge in [-0.1, -0.05) is 31.3 Å². The average Bonchev–Trinajstić information content (AvgIpc) is 2.54. The van der Waals surface area contributed by atoms with Crippen LogP contribution in [0.2, 0.25) is 0 Å². The lowest BCUT2D eigenvalue weighted by molar-refractivity contribution is 0.0794. The summed E-state index contributed by atoms with van der Waals surface area (Å²) in [4.78, 5) is 2.67. The Morgan fingerprint density at radius 3 is 2.55 bits per heavy atom. The highest BCUT2D eigenvalue weighted by Crippen LogP contribution is 2.38. The lowest BCUT2D eigenvalue weighted by atomic mass is 9.80. The number of oxime groups is 1. The smallest absolute Gasteiger partial charge is 0.155 e. The molecule has 0 spiro atoms. The molecule has 20 heavy (non-hydrogen) atoms. The molecule has 0 bridgehead atoms. The standard InChI is InChI=1S/C15H29N3OS/c1-3-12-6-4-5-7-13(12)18-10-8-15(20-2,9-11-18)14(16)17-19/h12-13,19H,3-11H2,1-2H3,(H2,16,17). The van der Waals surface area contributed by atoms with E-state index in [0.29, 0.717) is 5.84 Å². The molecule has 0 aromatic rings. The SMILES string of the molecule is CCC1CCCCC1N1CCC(SC)(C(N)=NO)CC1. The summed E-state index contributed by atoms with van der Waals surface area (Å²) >= 11 is 1.74. The predicted molar refractivity (Wildman–Crippen MR) is 86.5 cm³/mol. The molecule has 2 rings (SSSR count). The van der Waals surface area contributed by atoms with Crippen molar-refractivity contribution in [2.45, 2.75) is 62.7 Å². The largest absolute Gasteiger partial charge is 0.409 e. The highest BCUT2D eigenvalue weighted by Gasteiger charge is 2.41. The molecule has 1 aliphatic heterocycles. The van der Waals surface area contributed by atoms with E-state index >= 15 is 0 Å². The van der Waals surface area contributed by atoms with Gasteiger partial charge in [0.25, 0.3) is 0 Å². The molecule has 5 heteroatoms. The first-order valence-electron chi connectivity index (χ1n) is 7.94. The Morgan fingerprint density at radius 2 is 2.00 bits per heavy atom. The summed E-state index contributed by atoms with van der Waals surface area (Å²) in [6.07, 6.45) is 10.9. The Kier molecular flexibility index (Phi) is 5.61. The Bertz CT molecular complexity index is 340. The number of likely N-dealkylation sites (tertiary alicyclic amines) is 1. The number of hydrogen-bond acceptors (Lipinski definition) is 4. The Labute approximate surface area is 127 Å². The van der Waals surface area contributed by atoms with Gasteiger partial charge < -0.3 is 10.9 Å². The fourth-order valence-corrected chi connectivity index (χ4v) is 4.86. The van der Waals surface area contributed by atoms with Gasteiger partial charge in [-0.3, -0.25) is 4.90 Å². The third-order valence-electron chi connectivity index (χ3n) is 5.43. The molecular formula is C15H29N3OS. The number of rotatable bonds is 4. The molecule has 116 valence electrons. The van der Waals surface area contributed by atoms with Crippen LogP contribution in [0.5, 0.6) is 0 Å². The van der Waals surface area contributed by atoms with Crippen molar-refractivity contribution in [3.05, 3.63) is 0 Å². The van der Waals surface area contributed by atoms with Crippen molar-refractivity contribution < 1.29 is 5.21 Å². The zero-order valence-electron chi connectivity index (χ0n) is 12.8. The minimum absolute atomic E-state index is 0.151. The zero-order valence-corrected chi connectivity index (χ0v) is 13.7. The van der Waals surface area contributed by atoms with E-state index < -0.39 is 0 Å². The van der Waals surface area contributed by atoms with Crippen molar-refractivity contribution in [3.8, 4) is 0 Å². The van der Waals surface area contributed by atoms with Crippen LogP contribution in [0.1, 0.15) is 51.9 Å². The molecule has 0 amide bonds. The molecular weight excluding hydrogens is 270 g/mol. The maximum Gasteiger partial charge on any atom is 0.155 e. The van der Waals surface area contributed by atoms with Gasteiger partial charge in [0.15, 0.2) is 5.84 Å². The third-order valence-corrected chi connectivity index (χ3v) is 6.83. The lowest BCUT2D eigenvalue weighted by Crippen LogP contribution is -2.54. The van der Waals surface area contributed by atoms with E-state index in [9.17, 15) is 0 Å². The normalized spacial score (nSPS) is 32.2. The molecule has 1 aliphatic carbocycles. The van der Waals surface area contributed by atoms with Crippen molar-refractivity contribution in [3.63, 3.8) is 0 Å². The van der Waals surface area contributed by atoms with E-state index in [-0.39, 0.29) is 4.75 Å².